The van der Waals surface area contributed by atoms with E-state index in [9.17, 15) is 0 Å². The molecule has 0 aliphatic heterocycles. The first-order chi connectivity index (χ1) is 11.1. The summed E-state index contributed by atoms with van der Waals surface area (Å²) in [5.74, 6) is 0.296. The molecule has 116 valence electrons. The Bertz CT molecular complexity index is 829. The summed E-state index contributed by atoms with van der Waals surface area (Å²) in [6, 6.07) is 25.6. The van der Waals surface area contributed by atoms with Crippen molar-refractivity contribution in [2.75, 3.05) is 0 Å². The topological polar surface area (TPSA) is 0 Å². The minimum absolute atomic E-state index is 0.285. The number of hydrogen-bond donors (Lipinski definition) is 0. The number of benzene rings is 3. The van der Waals surface area contributed by atoms with Crippen LogP contribution in [0.4, 0.5) is 0 Å². The molecule has 0 saturated heterocycles. The summed E-state index contributed by atoms with van der Waals surface area (Å²) in [5.41, 5.74) is 1.29. The van der Waals surface area contributed by atoms with Crippen molar-refractivity contribution in [1.29, 1.82) is 0 Å². The van der Waals surface area contributed by atoms with E-state index >= 15 is 0 Å². The van der Waals surface area contributed by atoms with E-state index in [1.807, 2.05) is 17.8 Å². The zero-order chi connectivity index (χ0) is 15.9. The molecular weight excluding hydrogens is 343 g/mol. The van der Waals surface area contributed by atoms with Gasteiger partial charge in [0.2, 0.25) is 0 Å². The highest BCUT2D eigenvalue weighted by Crippen LogP contribution is 2.63. The number of rotatable bonds is 4. The first kappa shape index (κ1) is 15.4. The molecule has 0 nitrogen and oxygen atoms in total. The second kappa shape index (κ2) is 6.05. The molecule has 1 fully saturated rings. The lowest BCUT2D eigenvalue weighted by Crippen LogP contribution is -2.02. The van der Waals surface area contributed by atoms with Crippen LogP contribution in [0.2, 0.25) is 0 Å². The lowest BCUT2D eigenvalue weighted by molar-refractivity contribution is 0.797. The van der Waals surface area contributed by atoms with Gasteiger partial charge in [-0.2, -0.15) is 0 Å². The summed E-state index contributed by atoms with van der Waals surface area (Å²) in [6.45, 7) is 0. The molecule has 2 unspecified atom stereocenters. The Kier molecular flexibility index (Phi) is 4.05. The minimum atomic E-state index is -0.579. The molecule has 3 aromatic carbocycles. The van der Waals surface area contributed by atoms with Crippen molar-refractivity contribution < 1.29 is 0 Å². The normalized spacial score (nSPS) is 20.3. The van der Waals surface area contributed by atoms with E-state index in [4.69, 9.17) is 23.2 Å². The highest BCUT2D eigenvalue weighted by atomic mass is 35.5. The number of halogens is 2. The predicted octanol–water partition coefficient (Wildman–Crippen LogP) is 6.87. The van der Waals surface area contributed by atoms with Crippen LogP contribution in [0.25, 0.3) is 10.8 Å². The fourth-order valence-electron chi connectivity index (χ4n) is 2.98. The molecule has 23 heavy (non-hydrogen) atoms. The molecule has 1 aliphatic carbocycles. The number of alkyl halides is 2. The third-order valence-electron chi connectivity index (χ3n) is 4.35. The number of fused-ring (bicyclic) bond motifs is 1. The molecule has 0 heterocycles. The van der Waals surface area contributed by atoms with Crippen LogP contribution >= 0.6 is 35.0 Å². The summed E-state index contributed by atoms with van der Waals surface area (Å²) in [7, 11) is 0. The van der Waals surface area contributed by atoms with E-state index < -0.39 is 4.33 Å². The van der Waals surface area contributed by atoms with Gasteiger partial charge in [0.25, 0.3) is 0 Å². The molecule has 4 rings (SSSR count). The summed E-state index contributed by atoms with van der Waals surface area (Å²) < 4.78 is -0.579. The molecule has 0 N–H and O–H groups in total. The number of thioether (sulfide) groups is 1. The Morgan fingerprint density at radius 2 is 1.52 bits per heavy atom. The molecule has 1 saturated carbocycles. The molecule has 0 radical (unpaired) electrons. The molecule has 0 amide bonds. The predicted molar refractivity (Wildman–Crippen MR) is 102 cm³/mol. The Labute approximate surface area is 150 Å². The van der Waals surface area contributed by atoms with Crippen LogP contribution in [0.1, 0.15) is 17.2 Å². The molecule has 1 aliphatic rings. The highest BCUT2D eigenvalue weighted by molar-refractivity contribution is 7.99. The van der Waals surface area contributed by atoms with Crippen LogP contribution in [0.3, 0.4) is 0 Å². The van der Waals surface area contributed by atoms with Crippen LogP contribution in [0.5, 0.6) is 0 Å². The summed E-state index contributed by atoms with van der Waals surface area (Å²) in [5, 5.41) is 2.82. The van der Waals surface area contributed by atoms with Crippen molar-refractivity contribution in [2.45, 2.75) is 20.9 Å². The molecule has 3 aromatic rings. The van der Waals surface area contributed by atoms with Crippen LogP contribution in [0.15, 0.2) is 77.7 Å². The third-order valence-corrected chi connectivity index (χ3v) is 6.60. The molecular formula is C20H16Cl2S. The maximum Gasteiger partial charge on any atom is 0.123 e. The van der Waals surface area contributed by atoms with Gasteiger partial charge in [0.15, 0.2) is 0 Å². The maximum absolute atomic E-state index is 6.37. The lowest BCUT2D eigenvalue weighted by atomic mass is 10.1. The highest BCUT2D eigenvalue weighted by Gasteiger charge is 2.56. The van der Waals surface area contributed by atoms with Gasteiger partial charge in [-0.05, 0) is 34.9 Å². The molecule has 2 atom stereocenters. The van der Waals surface area contributed by atoms with Gasteiger partial charge >= 0.3 is 0 Å². The van der Waals surface area contributed by atoms with Crippen LogP contribution in [-0.4, -0.2) is 4.33 Å². The summed E-state index contributed by atoms with van der Waals surface area (Å²) >= 11 is 14.6. The second-order valence-electron chi connectivity index (χ2n) is 6.03. The van der Waals surface area contributed by atoms with E-state index in [1.165, 1.54) is 21.2 Å². The van der Waals surface area contributed by atoms with E-state index in [1.54, 1.807) is 0 Å². The van der Waals surface area contributed by atoms with Gasteiger partial charge in [-0.15, -0.1) is 35.0 Å². The summed E-state index contributed by atoms with van der Waals surface area (Å²) in [6.07, 6.45) is 0.857. The Morgan fingerprint density at radius 1 is 0.870 bits per heavy atom. The van der Waals surface area contributed by atoms with Gasteiger partial charge in [0.05, 0.1) is 0 Å². The van der Waals surface area contributed by atoms with Crippen molar-refractivity contribution in [2.24, 2.45) is 5.92 Å². The summed E-state index contributed by atoms with van der Waals surface area (Å²) in [4.78, 5) is 1.26. The quantitative estimate of drug-likeness (QED) is 0.362. The van der Waals surface area contributed by atoms with E-state index in [0.29, 0.717) is 5.92 Å². The van der Waals surface area contributed by atoms with E-state index in [0.717, 1.165) is 6.42 Å². The second-order valence-corrected chi connectivity index (χ2v) is 8.79. The molecule has 3 heteroatoms. The van der Waals surface area contributed by atoms with Gasteiger partial charge in [-0.25, -0.2) is 0 Å². The lowest BCUT2D eigenvalue weighted by Gasteiger charge is -2.18. The Hall–Kier alpha value is -1.15. The van der Waals surface area contributed by atoms with Gasteiger partial charge in [0, 0.05) is 16.1 Å². The van der Waals surface area contributed by atoms with Gasteiger partial charge in [0.1, 0.15) is 4.33 Å². The fraction of sp³-hybridized carbons (Fsp3) is 0.200. The molecule has 0 aromatic heterocycles. The average Bonchev–Trinajstić information content (AvgIpc) is 3.21. The van der Waals surface area contributed by atoms with Crippen LogP contribution < -0.4 is 0 Å². The van der Waals surface area contributed by atoms with Crippen LogP contribution in [0, 0.1) is 5.92 Å². The average molecular weight is 359 g/mol. The number of hydrogen-bond acceptors (Lipinski definition) is 1. The van der Waals surface area contributed by atoms with Gasteiger partial charge in [-0.1, -0.05) is 60.7 Å². The Morgan fingerprint density at radius 3 is 2.22 bits per heavy atom. The third kappa shape index (κ3) is 3.24. The van der Waals surface area contributed by atoms with Gasteiger partial charge < -0.3 is 0 Å². The van der Waals surface area contributed by atoms with Crippen molar-refractivity contribution in [3.63, 3.8) is 0 Å². The maximum atomic E-state index is 6.37. The zero-order valence-electron chi connectivity index (χ0n) is 12.5. The monoisotopic (exact) mass is 358 g/mol. The first-order valence-electron chi connectivity index (χ1n) is 7.72. The standard InChI is InChI=1S/C20H16Cl2S/c21-20(22)13-18(20)19(15-7-2-1-3-8-15)23-17-11-10-14-6-4-5-9-16(14)12-17/h1-12,18-19H,13H2. The smallest absolute Gasteiger partial charge is 0.118 e. The van der Waals surface area contributed by atoms with E-state index in [2.05, 4.69) is 66.7 Å². The molecule has 0 bridgehead atoms. The van der Waals surface area contributed by atoms with Crippen molar-refractivity contribution in [1.82, 2.24) is 0 Å². The van der Waals surface area contributed by atoms with Crippen LogP contribution in [-0.2, 0) is 0 Å². The Balaban J connectivity index is 1.67. The van der Waals surface area contributed by atoms with Crippen molar-refractivity contribution in [3.05, 3.63) is 78.4 Å². The first-order valence-corrected chi connectivity index (χ1v) is 9.35. The fourth-order valence-corrected chi connectivity index (χ4v) is 5.13. The SMILES string of the molecule is ClC1(Cl)CC1C(Sc1ccc2ccccc2c1)c1ccccc1. The van der Waals surface area contributed by atoms with Crippen molar-refractivity contribution >= 4 is 45.7 Å². The zero-order valence-corrected chi connectivity index (χ0v) is 14.8. The largest absolute Gasteiger partial charge is 0.123 e. The van der Waals surface area contributed by atoms with Crippen molar-refractivity contribution in [3.8, 4) is 0 Å². The van der Waals surface area contributed by atoms with Gasteiger partial charge in [-0.3, -0.25) is 0 Å². The minimum Gasteiger partial charge on any atom is -0.118 e. The molecule has 0 spiro atoms. The van der Waals surface area contributed by atoms with E-state index in [-0.39, 0.29) is 5.25 Å².